The molecule has 5 nitrogen and oxygen atoms in total. The number of halogens is 4. The van der Waals surface area contributed by atoms with Gasteiger partial charge in [-0.25, -0.2) is 9.97 Å². The van der Waals surface area contributed by atoms with Crippen LogP contribution in [0.25, 0.3) is 0 Å². The maximum Gasteiger partial charge on any atom is 0.417 e. The number of rotatable bonds is 3. The summed E-state index contributed by atoms with van der Waals surface area (Å²) in [5.41, 5.74) is -0.862. The highest BCUT2D eigenvalue weighted by molar-refractivity contribution is 6.33. The number of piperidine rings is 1. The van der Waals surface area contributed by atoms with Crippen LogP contribution >= 0.6 is 11.6 Å². The lowest BCUT2D eigenvalue weighted by Crippen LogP contribution is -2.36. The average molecular weight is 361 g/mol. The molecule has 0 saturated carbocycles. The largest absolute Gasteiger partial charge is 0.417 e. The molecule has 3 rings (SSSR count). The summed E-state index contributed by atoms with van der Waals surface area (Å²) in [5.74, 6) is 0.898. The minimum absolute atomic E-state index is 0.0186. The molecule has 2 aromatic rings. The first kappa shape index (κ1) is 17.0. The van der Waals surface area contributed by atoms with Gasteiger partial charge in [0, 0.05) is 31.7 Å². The van der Waals surface area contributed by atoms with E-state index in [1.165, 1.54) is 0 Å². The van der Waals surface area contributed by atoms with Crippen molar-refractivity contribution >= 4 is 17.4 Å². The summed E-state index contributed by atoms with van der Waals surface area (Å²) in [6.07, 6.45) is 0.222. The van der Waals surface area contributed by atoms with Crippen LogP contribution in [-0.2, 0) is 6.18 Å². The van der Waals surface area contributed by atoms with Crippen molar-refractivity contribution in [2.75, 3.05) is 18.0 Å². The Balaban J connectivity index is 1.67. The fraction of sp³-hybridized carbons (Fsp3) is 0.467. The van der Waals surface area contributed by atoms with Gasteiger partial charge < -0.3 is 15.0 Å². The van der Waals surface area contributed by atoms with Gasteiger partial charge >= 0.3 is 6.18 Å². The van der Waals surface area contributed by atoms with Crippen LogP contribution in [0.3, 0.4) is 0 Å². The molecule has 0 bridgehead atoms. The highest BCUT2D eigenvalue weighted by Gasteiger charge is 2.33. The van der Waals surface area contributed by atoms with E-state index in [-0.39, 0.29) is 10.9 Å². The molecule has 2 N–H and O–H groups in total. The number of nitrogens with zero attached hydrogens (tertiary/aromatic N) is 3. The zero-order valence-electron chi connectivity index (χ0n) is 12.6. The summed E-state index contributed by atoms with van der Waals surface area (Å²) < 4.78 is 38.0. The number of nitrogens with one attached hydrogen (secondary N) is 1. The van der Waals surface area contributed by atoms with Crippen molar-refractivity contribution in [1.29, 1.82) is 0 Å². The standard InChI is InChI=1S/C15H16ClF3N4O/c16-11-7-10(15(17,18)19)8-22-14(11)23-5-1-9(2-6-23)12(24)13-20-3-4-21-13/h3-4,7-9,12,24H,1-2,5-6H2,(H,20,21). The van der Waals surface area contributed by atoms with E-state index in [0.29, 0.717) is 37.6 Å². The van der Waals surface area contributed by atoms with Crippen LogP contribution in [0.2, 0.25) is 5.02 Å². The lowest BCUT2D eigenvalue weighted by molar-refractivity contribution is -0.137. The van der Waals surface area contributed by atoms with Crippen molar-refractivity contribution < 1.29 is 18.3 Å². The third-order valence-corrected chi connectivity index (χ3v) is 4.51. The molecular weight excluding hydrogens is 345 g/mol. The molecule has 0 amide bonds. The van der Waals surface area contributed by atoms with E-state index >= 15 is 0 Å². The third kappa shape index (κ3) is 3.49. The molecular formula is C15H16ClF3N4O. The molecule has 1 aliphatic rings. The quantitative estimate of drug-likeness (QED) is 0.880. The number of aromatic nitrogens is 3. The second kappa shape index (κ2) is 6.60. The molecule has 1 unspecified atom stereocenters. The van der Waals surface area contributed by atoms with Crippen molar-refractivity contribution in [1.82, 2.24) is 15.0 Å². The zero-order chi connectivity index (χ0) is 17.3. The van der Waals surface area contributed by atoms with E-state index in [2.05, 4.69) is 15.0 Å². The lowest BCUT2D eigenvalue weighted by atomic mass is 9.91. The topological polar surface area (TPSA) is 65.0 Å². The lowest BCUT2D eigenvalue weighted by Gasteiger charge is -2.34. The Morgan fingerprint density at radius 1 is 1.29 bits per heavy atom. The SMILES string of the molecule is OC(c1ncc[nH]1)C1CCN(c2ncc(C(F)(F)F)cc2Cl)CC1. The summed E-state index contributed by atoms with van der Waals surface area (Å²) in [4.78, 5) is 12.7. The van der Waals surface area contributed by atoms with Gasteiger partial charge in [0.25, 0.3) is 0 Å². The predicted octanol–water partition coefficient (Wildman–Crippen LogP) is 3.43. The molecule has 0 aromatic carbocycles. The Bertz CT molecular complexity index is 685. The minimum atomic E-state index is -4.46. The molecule has 0 spiro atoms. The van der Waals surface area contributed by atoms with Crippen LogP contribution in [0.5, 0.6) is 0 Å². The van der Waals surface area contributed by atoms with Gasteiger partial charge in [-0.2, -0.15) is 13.2 Å². The first-order chi connectivity index (χ1) is 11.4. The molecule has 1 atom stereocenters. The van der Waals surface area contributed by atoms with Crippen LogP contribution in [0.1, 0.15) is 30.3 Å². The van der Waals surface area contributed by atoms with E-state index in [1.807, 2.05) is 4.90 Å². The number of imidazole rings is 1. The Kier molecular flexibility index (Phi) is 4.69. The number of pyridine rings is 1. The van der Waals surface area contributed by atoms with E-state index in [9.17, 15) is 18.3 Å². The summed E-state index contributed by atoms with van der Waals surface area (Å²) in [6.45, 7) is 1.11. The maximum atomic E-state index is 12.7. The van der Waals surface area contributed by atoms with Crippen LogP contribution < -0.4 is 4.90 Å². The fourth-order valence-electron chi connectivity index (χ4n) is 2.91. The smallest absolute Gasteiger partial charge is 0.385 e. The summed E-state index contributed by atoms with van der Waals surface area (Å²) in [7, 11) is 0. The highest BCUT2D eigenvalue weighted by atomic mass is 35.5. The number of aliphatic hydroxyl groups excluding tert-OH is 1. The van der Waals surface area contributed by atoms with Crippen molar-refractivity contribution in [2.24, 2.45) is 5.92 Å². The molecule has 9 heteroatoms. The summed E-state index contributed by atoms with van der Waals surface area (Å²) in [5, 5.41) is 10.3. The Morgan fingerprint density at radius 3 is 2.54 bits per heavy atom. The molecule has 1 fully saturated rings. The van der Waals surface area contributed by atoms with Gasteiger partial charge in [-0.05, 0) is 24.8 Å². The normalized spacial score (nSPS) is 18.0. The van der Waals surface area contributed by atoms with Crippen molar-refractivity contribution in [3.8, 4) is 0 Å². The Hall–Kier alpha value is -1.80. The maximum absolute atomic E-state index is 12.7. The van der Waals surface area contributed by atoms with E-state index in [1.54, 1.807) is 12.4 Å². The molecule has 1 aliphatic heterocycles. The molecule has 24 heavy (non-hydrogen) atoms. The van der Waals surface area contributed by atoms with Crippen molar-refractivity contribution in [3.05, 3.63) is 41.1 Å². The summed E-state index contributed by atoms with van der Waals surface area (Å²) >= 11 is 5.98. The highest BCUT2D eigenvalue weighted by Crippen LogP contribution is 2.36. The predicted molar refractivity (Wildman–Crippen MR) is 82.7 cm³/mol. The van der Waals surface area contributed by atoms with Crippen molar-refractivity contribution in [3.63, 3.8) is 0 Å². The van der Waals surface area contributed by atoms with Crippen LogP contribution in [0, 0.1) is 5.92 Å². The molecule has 0 radical (unpaired) electrons. The molecule has 2 aromatic heterocycles. The first-order valence-electron chi connectivity index (χ1n) is 7.51. The van der Waals surface area contributed by atoms with Gasteiger partial charge in [-0.15, -0.1) is 0 Å². The second-order valence-corrected chi connectivity index (χ2v) is 6.18. The number of hydrogen-bond acceptors (Lipinski definition) is 4. The second-order valence-electron chi connectivity index (χ2n) is 5.77. The van der Waals surface area contributed by atoms with Gasteiger partial charge in [0.05, 0.1) is 10.6 Å². The van der Waals surface area contributed by atoms with E-state index in [0.717, 1.165) is 12.3 Å². The summed E-state index contributed by atoms with van der Waals surface area (Å²) in [6, 6.07) is 0.897. The Morgan fingerprint density at radius 2 is 2.00 bits per heavy atom. The molecule has 130 valence electrons. The average Bonchev–Trinajstić information content (AvgIpc) is 3.08. The van der Waals surface area contributed by atoms with Crippen LogP contribution in [0.4, 0.5) is 19.0 Å². The van der Waals surface area contributed by atoms with Gasteiger partial charge in [-0.1, -0.05) is 11.6 Å². The minimum Gasteiger partial charge on any atom is -0.385 e. The number of aromatic amines is 1. The van der Waals surface area contributed by atoms with Gasteiger partial charge in [0.2, 0.25) is 0 Å². The van der Waals surface area contributed by atoms with Crippen LogP contribution in [-0.4, -0.2) is 33.1 Å². The third-order valence-electron chi connectivity index (χ3n) is 4.23. The van der Waals surface area contributed by atoms with Gasteiger partial charge in [0.15, 0.2) is 0 Å². The monoisotopic (exact) mass is 360 g/mol. The zero-order valence-corrected chi connectivity index (χ0v) is 13.3. The molecule has 3 heterocycles. The Labute approximate surface area is 141 Å². The fourth-order valence-corrected chi connectivity index (χ4v) is 3.19. The van der Waals surface area contributed by atoms with Gasteiger partial charge in [0.1, 0.15) is 17.7 Å². The van der Waals surface area contributed by atoms with E-state index in [4.69, 9.17) is 11.6 Å². The number of hydrogen-bond donors (Lipinski definition) is 2. The van der Waals surface area contributed by atoms with Gasteiger partial charge in [-0.3, -0.25) is 0 Å². The number of alkyl halides is 3. The van der Waals surface area contributed by atoms with E-state index < -0.39 is 17.8 Å². The number of H-pyrrole nitrogens is 1. The van der Waals surface area contributed by atoms with Crippen LogP contribution in [0.15, 0.2) is 24.7 Å². The molecule has 0 aliphatic carbocycles. The first-order valence-corrected chi connectivity index (χ1v) is 7.89. The number of anilines is 1. The number of aliphatic hydroxyl groups is 1. The van der Waals surface area contributed by atoms with Crippen molar-refractivity contribution in [2.45, 2.75) is 25.1 Å². The molecule has 1 saturated heterocycles.